The first-order chi connectivity index (χ1) is 7.43. The minimum atomic E-state index is -0.0178. The quantitative estimate of drug-likeness (QED) is 0.798. The average molecular weight is 218 g/mol. The SMILES string of the molecule is Cn1c(CO)nc2cc(C(C)(C)C)ccc21. The van der Waals surface area contributed by atoms with E-state index in [0.717, 1.165) is 11.0 Å². The summed E-state index contributed by atoms with van der Waals surface area (Å²) in [6, 6.07) is 6.31. The van der Waals surface area contributed by atoms with Gasteiger partial charge >= 0.3 is 0 Å². The van der Waals surface area contributed by atoms with Gasteiger partial charge in [0, 0.05) is 7.05 Å². The van der Waals surface area contributed by atoms with Crippen LogP contribution in [0, 0.1) is 0 Å². The maximum atomic E-state index is 9.17. The molecule has 1 N–H and O–H groups in total. The second kappa shape index (κ2) is 3.59. The molecule has 0 atom stereocenters. The van der Waals surface area contributed by atoms with Gasteiger partial charge in [-0.25, -0.2) is 4.98 Å². The fourth-order valence-corrected chi connectivity index (χ4v) is 1.86. The zero-order chi connectivity index (χ0) is 11.9. The van der Waals surface area contributed by atoms with Crippen molar-refractivity contribution in [2.75, 3.05) is 0 Å². The predicted molar refractivity (Wildman–Crippen MR) is 65.3 cm³/mol. The Morgan fingerprint density at radius 1 is 1.31 bits per heavy atom. The van der Waals surface area contributed by atoms with E-state index in [1.54, 1.807) is 0 Å². The number of hydrogen-bond donors (Lipinski definition) is 1. The van der Waals surface area contributed by atoms with Crippen molar-refractivity contribution in [2.45, 2.75) is 32.8 Å². The number of aromatic nitrogens is 2. The minimum Gasteiger partial charge on any atom is -0.388 e. The Balaban J connectivity index is 2.64. The first-order valence-corrected chi connectivity index (χ1v) is 5.50. The van der Waals surface area contributed by atoms with E-state index in [1.165, 1.54) is 5.56 Å². The smallest absolute Gasteiger partial charge is 0.135 e. The molecule has 16 heavy (non-hydrogen) atoms. The topological polar surface area (TPSA) is 38.0 Å². The monoisotopic (exact) mass is 218 g/mol. The molecule has 3 heteroatoms. The Morgan fingerprint density at radius 3 is 2.56 bits per heavy atom. The number of benzene rings is 1. The van der Waals surface area contributed by atoms with E-state index in [0.29, 0.717) is 5.82 Å². The Kier molecular flexibility index (Phi) is 2.50. The largest absolute Gasteiger partial charge is 0.388 e. The van der Waals surface area contributed by atoms with E-state index < -0.39 is 0 Å². The van der Waals surface area contributed by atoms with Crippen molar-refractivity contribution in [1.82, 2.24) is 9.55 Å². The molecule has 0 amide bonds. The second-order valence-electron chi connectivity index (χ2n) is 5.20. The van der Waals surface area contributed by atoms with Crippen molar-refractivity contribution in [1.29, 1.82) is 0 Å². The molecule has 0 unspecified atom stereocenters. The number of rotatable bonds is 1. The molecule has 0 saturated carbocycles. The third-order valence-electron chi connectivity index (χ3n) is 2.98. The molecule has 1 aromatic heterocycles. The average Bonchev–Trinajstić information content (AvgIpc) is 2.54. The van der Waals surface area contributed by atoms with Gasteiger partial charge in [-0.1, -0.05) is 26.8 Å². The predicted octanol–water partition coefficient (Wildman–Crippen LogP) is 2.36. The van der Waals surface area contributed by atoms with Crippen molar-refractivity contribution in [3.8, 4) is 0 Å². The van der Waals surface area contributed by atoms with E-state index in [1.807, 2.05) is 11.6 Å². The molecular formula is C13H18N2O. The van der Waals surface area contributed by atoms with E-state index in [9.17, 15) is 0 Å². The summed E-state index contributed by atoms with van der Waals surface area (Å²) in [7, 11) is 1.93. The van der Waals surface area contributed by atoms with E-state index >= 15 is 0 Å². The molecule has 1 heterocycles. The maximum Gasteiger partial charge on any atom is 0.135 e. The van der Waals surface area contributed by atoms with Gasteiger partial charge in [0.25, 0.3) is 0 Å². The van der Waals surface area contributed by atoms with Gasteiger partial charge in [0.1, 0.15) is 12.4 Å². The third-order valence-corrected chi connectivity index (χ3v) is 2.98. The maximum absolute atomic E-state index is 9.17. The molecular weight excluding hydrogens is 200 g/mol. The zero-order valence-electron chi connectivity index (χ0n) is 10.3. The van der Waals surface area contributed by atoms with Crippen LogP contribution in [-0.4, -0.2) is 14.7 Å². The lowest BCUT2D eigenvalue weighted by Gasteiger charge is -2.18. The molecule has 86 valence electrons. The van der Waals surface area contributed by atoms with Gasteiger partial charge in [-0.3, -0.25) is 0 Å². The van der Waals surface area contributed by atoms with Gasteiger partial charge < -0.3 is 9.67 Å². The van der Waals surface area contributed by atoms with Crippen molar-refractivity contribution in [2.24, 2.45) is 7.05 Å². The van der Waals surface area contributed by atoms with E-state index in [4.69, 9.17) is 5.11 Å². The van der Waals surface area contributed by atoms with E-state index in [-0.39, 0.29) is 12.0 Å². The van der Waals surface area contributed by atoms with Crippen LogP contribution in [-0.2, 0) is 19.1 Å². The van der Waals surface area contributed by atoms with Crippen LogP contribution in [0.25, 0.3) is 11.0 Å². The fourth-order valence-electron chi connectivity index (χ4n) is 1.86. The molecule has 2 aromatic rings. The summed E-state index contributed by atoms with van der Waals surface area (Å²) in [6.45, 7) is 6.54. The van der Waals surface area contributed by atoms with Crippen LogP contribution >= 0.6 is 0 Å². The van der Waals surface area contributed by atoms with Gasteiger partial charge in [-0.05, 0) is 23.1 Å². The Hall–Kier alpha value is -1.35. The molecule has 0 bridgehead atoms. The molecule has 2 rings (SSSR count). The highest BCUT2D eigenvalue weighted by Gasteiger charge is 2.15. The van der Waals surface area contributed by atoms with Crippen LogP contribution in [0.15, 0.2) is 18.2 Å². The number of fused-ring (bicyclic) bond motifs is 1. The number of aryl methyl sites for hydroxylation is 1. The number of nitrogens with zero attached hydrogens (tertiary/aromatic N) is 2. The fraction of sp³-hybridized carbons (Fsp3) is 0.462. The Labute approximate surface area is 95.7 Å². The first-order valence-electron chi connectivity index (χ1n) is 5.50. The van der Waals surface area contributed by atoms with E-state index in [2.05, 4.69) is 44.0 Å². The number of aliphatic hydroxyl groups excluding tert-OH is 1. The number of hydrogen-bond acceptors (Lipinski definition) is 2. The lowest BCUT2D eigenvalue weighted by atomic mass is 9.87. The van der Waals surface area contributed by atoms with Gasteiger partial charge in [0.2, 0.25) is 0 Å². The molecule has 0 saturated heterocycles. The normalized spacial score (nSPS) is 12.3. The molecule has 3 nitrogen and oxygen atoms in total. The minimum absolute atomic E-state index is 0.0178. The lowest BCUT2D eigenvalue weighted by molar-refractivity contribution is 0.268. The number of imidazole rings is 1. The van der Waals surface area contributed by atoms with Crippen LogP contribution in [0.3, 0.4) is 0 Å². The van der Waals surface area contributed by atoms with Crippen LogP contribution < -0.4 is 0 Å². The molecule has 0 spiro atoms. The summed E-state index contributed by atoms with van der Waals surface area (Å²) >= 11 is 0. The highest BCUT2D eigenvalue weighted by molar-refractivity contribution is 5.77. The second-order valence-corrected chi connectivity index (χ2v) is 5.20. The van der Waals surface area contributed by atoms with Gasteiger partial charge in [-0.2, -0.15) is 0 Å². The lowest BCUT2D eigenvalue weighted by Crippen LogP contribution is -2.10. The Morgan fingerprint density at radius 2 is 2.00 bits per heavy atom. The first kappa shape index (κ1) is 11.1. The molecule has 0 fully saturated rings. The van der Waals surface area contributed by atoms with Crippen LogP contribution in [0.1, 0.15) is 32.2 Å². The van der Waals surface area contributed by atoms with Crippen molar-refractivity contribution < 1.29 is 5.11 Å². The molecule has 1 aromatic carbocycles. The van der Waals surface area contributed by atoms with Crippen LogP contribution in [0.5, 0.6) is 0 Å². The zero-order valence-corrected chi connectivity index (χ0v) is 10.3. The summed E-state index contributed by atoms with van der Waals surface area (Å²) in [6.07, 6.45) is 0. The third kappa shape index (κ3) is 1.71. The molecule has 0 aliphatic carbocycles. The Bertz CT molecular complexity index is 520. The standard InChI is InChI=1S/C13H18N2O/c1-13(2,3)9-5-6-11-10(7-9)14-12(8-16)15(11)4/h5-7,16H,8H2,1-4H3. The summed E-state index contributed by atoms with van der Waals surface area (Å²) < 4.78 is 1.93. The van der Waals surface area contributed by atoms with Gasteiger partial charge in [0.05, 0.1) is 11.0 Å². The van der Waals surface area contributed by atoms with Crippen molar-refractivity contribution in [3.63, 3.8) is 0 Å². The van der Waals surface area contributed by atoms with Gasteiger partial charge in [-0.15, -0.1) is 0 Å². The number of aliphatic hydroxyl groups is 1. The highest BCUT2D eigenvalue weighted by atomic mass is 16.3. The van der Waals surface area contributed by atoms with Crippen LogP contribution in [0.4, 0.5) is 0 Å². The van der Waals surface area contributed by atoms with Gasteiger partial charge in [0.15, 0.2) is 0 Å². The molecule has 0 aliphatic rings. The molecule has 0 aliphatic heterocycles. The van der Waals surface area contributed by atoms with Crippen molar-refractivity contribution in [3.05, 3.63) is 29.6 Å². The van der Waals surface area contributed by atoms with Crippen molar-refractivity contribution >= 4 is 11.0 Å². The summed E-state index contributed by atoms with van der Waals surface area (Å²) in [4.78, 5) is 4.42. The summed E-state index contributed by atoms with van der Waals surface area (Å²) in [5, 5.41) is 9.17. The highest BCUT2D eigenvalue weighted by Crippen LogP contribution is 2.26. The van der Waals surface area contributed by atoms with Crippen LogP contribution in [0.2, 0.25) is 0 Å². The summed E-state index contributed by atoms with van der Waals surface area (Å²) in [5.74, 6) is 0.709. The summed E-state index contributed by atoms with van der Waals surface area (Å²) in [5.41, 5.74) is 3.42. The molecule has 0 radical (unpaired) electrons.